The van der Waals surface area contributed by atoms with Crippen LogP contribution < -0.4 is 5.32 Å². The monoisotopic (exact) mass is 256 g/mol. The zero-order valence-electron chi connectivity index (χ0n) is 12.2. The van der Waals surface area contributed by atoms with Crippen LogP contribution in [0.4, 0.5) is 0 Å². The second-order valence-electron chi connectivity index (χ2n) is 5.34. The van der Waals surface area contributed by atoms with E-state index < -0.39 is 0 Å². The molecule has 19 heavy (non-hydrogen) atoms. The van der Waals surface area contributed by atoms with Crippen molar-refractivity contribution in [2.24, 2.45) is 0 Å². The highest BCUT2D eigenvalue weighted by Crippen LogP contribution is 2.24. The van der Waals surface area contributed by atoms with E-state index in [4.69, 9.17) is 0 Å². The first-order chi connectivity index (χ1) is 9.22. The Morgan fingerprint density at radius 2 is 1.79 bits per heavy atom. The summed E-state index contributed by atoms with van der Waals surface area (Å²) >= 11 is 0. The summed E-state index contributed by atoms with van der Waals surface area (Å²) in [5.74, 6) is 0. The van der Waals surface area contributed by atoms with Crippen LogP contribution in [0.25, 0.3) is 10.8 Å². The van der Waals surface area contributed by atoms with E-state index in [1.165, 1.54) is 16.3 Å². The lowest BCUT2D eigenvalue weighted by Gasteiger charge is -2.24. The molecule has 0 aliphatic carbocycles. The summed E-state index contributed by atoms with van der Waals surface area (Å²) < 4.78 is 0. The number of nitrogens with one attached hydrogen (secondary N) is 1. The molecule has 2 nitrogen and oxygen atoms in total. The van der Waals surface area contributed by atoms with Gasteiger partial charge in [0.25, 0.3) is 0 Å². The average molecular weight is 256 g/mol. The highest BCUT2D eigenvalue weighted by Gasteiger charge is 2.14. The van der Waals surface area contributed by atoms with Gasteiger partial charge in [-0.2, -0.15) is 0 Å². The first kappa shape index (κ1) is 14.0. The molecule has 0 heterocycles. The molecule has 0 fully saturated rings. The minimum absolute atomic E-state index is 0.390. The van der Waals surface area contributed by atoms with Crippen molar-refractivity contribution in [3.05, 3.63) is 48.0 Å². The summed E-state index contributed by atoms with van der Waals surface area (Å²) in [6, 6.07) is 15.6. The van der Waals surface area contributed by atoms with Gasteiger partial charge in [0.1, 0.15) is 0 Å². The van der Waals surface area contributed by atoms with Gasteiger partial charge >= 0.3 is 0 Å². The van der Waals surface area contributed by atoms with Gasteiger partial charge in [-0.15, -0.1) is 0 Å². The van der Waals surface area contributed by atoms with Gasteiger partial charge in [-0.25, -0.2) is 0 Å². The standard InChI is InChI=1S/C17H24N2/c1-4-12-18-17(13-19(2)3)16-11-7-9-14-8-5-6-10-15(14)16/h5-11,17-18H,4,12-13H2,1-3H3. The van der Waals surface area contributed by atoms with E-state index in [1.54, 1.807) is 0 Å². The van der Waals surface area contributed by atoms with E-state index in [2.05, 4.69) is 73.7 Å². The highest BCUT2D eigenvalue weighted by atomic mass is 15.1. The van der Waals surface area contributed by atoms with Crippen molar-refractivity contribution in [1.82, 2.24) is 10.2 Å². The largest absolute Gasteiger partial charge is 0.309 e. The lowest BCUT2D eigenvalue weighted by molar-refractivity contribution is 0.343. The van der Waals surface area contributed by atoms with E-state index in [0.717, 1.165) is 19.5 Å². The number of hydrogen-bond donors (Lipinski definition) is 1. The summed E-state index contributed by atoms with van der Waals surface area (Å²) in [5.41, 5.74) is 1.40. The van der Waals surface area contributed by atoms with E-state index in [-0.39, 0.29) is 0 Å². The van der Waals surface area contributed by atoms with Gasteiger partial charge in [0.15, 0.2) is 0 Å². The van der Waals surface area contributed by atoms with E-state index >= 15 is 0 Å². The molecule has 1 unspecified atom stereocenters. The third-order valence-corrected chi connectivity index (χ3v) is 3.39. The summed E-state index contributed by atoms with van der Waals surface area (Å²) in [5, 5.41) is 6.35. The van der Waals surface area contributed by atoms with Gasteiger partial charge in [0.2, 0.25) is 0 Å². The van der Waals surface area contributed by atoms with Gasteiger partial charge in [-0.1, -0.05) is 49.4 Å². The van der Waals surface area contributed by atoms with Gasteiger partial charge in [-0.3, -0.25) is 0 Å². The molecule has 0 spiro atoms. The number of nitrogens with zero attached hydrogens (tertiary/aromatic N) is 1. The number of fused-ring (bicyclic) bond motifs is 1. The Morgan fingerprint density at radius 3 is 2.53 bits per heavy atom. The first-order valence-corrected chi connectivity index (χ1v) is 7.08. The molecule has 2 rings (SSSR count). The van der Waals surface area contributed by atoms with Crippen molar-refractivity contribution in [1.29, 1.82) is 0 Å². The molecule has 2 aromatic rings. The van der Waals surface area contributed by atoms with Crippen LogP contribution in [0.2, 0.25) is 0 Å². The van der Waals surface area contributed by atoms with Crippen LogP contribution in [0, 0.1) is 0 Å². The van der Waals surface area contributed by atoms with Crippen LogP contribution in [-0.2, 0) is 0 Å². The lowest BCUT2D eigenvalue weighted by atomic mass is 9.98. The normalized spacial score (nSPS) is 13.1. The summed E-state index contributed by atoms with van der Waals surface area (Å²) in [7, 11) is 4.26. The summed E-state index contributed by atoms with van der Waals surface area (Å²) in [6.45, 7) is 4.29. The molecule has 2 aromatic carbocycles. The fraction of sp³-hybridized carbons (Fsp3) is 0.412. The molecule has 0 radical (unpaired) electrons. The van der Waals surface area contributed by atoms with Crippen LogP contribution in [0.5, 0.6) is 0 Å². The van der Waals surface area contributed by atoms with Gasteiger partial charge in [-0.05, 0) is 43.4 Å². The van der Waals surface area contributed by atoms with Gasteiger partial charge < -0.3 is 10.2 Å². The van der Waals surface area contributed by atoms with Crippen LogP contribution >= 0.6 is 0 Å². The Labute approximate surface area is 116 Å². The molecule has 0 aromatic heterocycles. The van der Waals surface area contributed by atoms with Crippen LogP contribution in [0.15, 0.2) is 42.5 Å². The fourth-order valence-electron chi connectivity index (χ4n) is 2.51. The van der Waals surface area contributed by atoms with E-state index in [9.17, 15) is 0 Å². The molecular weight excluding hydrogens is 232 g/mol. The maximum atomic E-state index is 3.67. The molecule has 0 aliphatic heterocycles. The van der Waals surface area contributed by atoms with E-state index in [1.807, 2.05) is 0 Å². The summed E-state index contributed by atoms with van der Waals surface area (Å²) in [6.07, 6.45) is 1.16. The SMILES string of the molecule is CCCNC(CN(C)C)c1cccc2ccccc12. The van der Waals surface area contributed by atoms with Gasteiger partial charge in [0.05, 0.1) is 0 Å². The summed E-state index contributed by atoms with van der Waals surface area (Å²) in [4.78, 5) is 2.25. The maximum absolute atomic E-state index is 3.67. The third kappa shape index (κ3) is 3.55. The third-order valence-electron chi connectivity index (χ3n) is 3.39. The van der Waals surface area contributed by atoms with Crippen molar-refractivity contribution < 1.29 is 0 Å². The number of rotatable bonds is 6. The number of benzene rings is 2. The Bertz CT molecular complexity index is 514. The predicted molar refractivity (Wildman–Crippen MR) is 83.5 cm³/mol. The molecule has 2 heteroatoms. The second-order valence-corrected chi connectivity index (χ2v) is 5.34. The molecule has 0 saturated heterocycles. The molecule has 0 bridgehead atoms. The number of likely N-dealkylation sites (N-methyl/N-ethyl adjacent to an activating group) is 1. The number of hydrogen-bond acceptors (Lipinski definition) is 2. The van der Waals surface area contributed by atoms with Crippen LogP contribution in [-0.4, -0.2) is 32.1 Å². The maximum Gasteiger partial charge on any atom is 0.0455 e. The Balaban J connectivity index is 2.37. The molecule has 102 valence electrons. The predicted octanol–water partition coefficient (Wildman–Crippen LogP) is 3.44. The zero-order chi connectivity index (χ0) is 13.7. The zero-order valence-corrected chi connectivity index (χ0v) is 12.2. The molecule has 0 amide bonds. The molecule has 1 atom stereocenters. The second kappa shape index (κ2) is 6.69. The molecule has 0 aliphatic rings. The van der Waals surface area contributed by atoms with Crippen molar-refractivity contribution in [2.45, 2.75) is 19.4 Å². The van der Waals surface area contributed by atoms with Crippen molar-refractivity contribution >= 4 is 10.8 Å². The van der Waals surface area contributed by atoms with Crippen molar-refractivity contribution in [2.75, 3.05) is 27.2 Å². The topological polar surface area (TPSA) is 15.3 Å². The lowest BCUT2D eigenvalue weighted by Crippen LogP contribution is -2.31. The Morgan fingerprint density at radius 1 is 1.05 bits per heavy atom. The van der Waals surface area contributed by atoms with Crippen LogP contribution in [0.1, 0.15) is 24.9 Å². The fourth-order valence-corrected chi connectivity index (χ4v) is 2.51. The van der Waals surface area contributed by atoms with E-state index in [0.29, 0.717) is 6.04 Å². The van der Waals surface area contributed by atoms with Crippen molar-refractivity contribution in [3.8, 4) is 0 Å². The minimum atomic E-state index is 0.390. The quantitative estimate of drug-likeness (QED) is 0.851. The highest BCUT2D eigenvalue weighted by molar-refractivity contribution is 5.86. The van der Waals surface area contributed by atoms with Crippen LogP contribution in [0.3, 0.4) is 0 Å². The average Bonchev–Trinajstić information content (AvgIpc) is 2.42. The smallest absolute Gasteiger partial charge is 0.0455 e. The molecule has 0 saturated carbocycles. The molecular formula is C17H24N2. The Kier molecular flexibility index (Phi) is 4.94. The first-order valence-electron chi connectivity index (χ1n) is 7.08. The molecule has 1 N–H and O–H groups in total. The minimum Gasteiger partial charge on any atom is -0.309 e. The van der Waals surface area contributed by atoms with Gasteiger partial charge in [0, 0.05) is 12.6 Å². The van der Waals surface area contributed by atoms with Crippen molar-refractivity contribution in [3.63, 3.8) is 0 Å². The Hall–Kier alpha value is -1.38.